The van der Waals surface area contributed by atoms with E-state index in [0.29, 0.717) is 72.1 Å². The molecule has 0 aliphatic carbocycles. The van der Waals surface area contributed by atoms with Crippen LogP contribution < -0.4 is 0 Å². The molecule has 1 heterocycles. The first-order chi connectivity index (χ1) is 32.5. The van der Waals surface area contributed by atoms with Crippen molar-refractivity contribution in [3.63, 3.8) is 0 Å². The van der Waals surface area contributed by atoms with Crippen LogP contribution in [0.15, 0.2) is 123 Å². The van der Waals surface area contributed by atoms with E-state index in [1.807, 2.05) is 26.2 Å². The maximum Gasteiger partial charge on any atom is 0.338 e. The maximum absolute atomic E-state index is 13.0. The second-order valence-corrected chi connectivity index (χ2v) is 31.5. The van der Waals surface area contributed by atoms with Crippen molar-refractivity contribution >= 4 is 82.4 Å². The van der Waals surface area contributed by atoms with Crippen LogP contribution in [-0.4, -0.2) is 84.5 Å². The fourth-order valence-corrected chi connectivity index (χ4v) is 31.1. The van der Waals surface area contributed by atoms with Crippen molar-refractivity contribution in [3.8, 4) is 0 Å². The standard InChI is InChI=1S/C52H64O12Si4/c1-9-41-17-25-45(26-18-41)49(53)57-33-13-37-65(5)61-66(6,38-14-34-58-50(54)46-27-19-42(10-2)20-28-46)63-68(8,40-16-36-60-52(56)48-31-23-44(12-4)24-32-48)64-67(7,62-65)39-15-35-59-51(55)47-29-21-43(11-3)22-30-47/h9-12,17-32H,1-4,13-16,33-40H2,5-8H3. The third-order valence-electron chi connectivity index (χ3n) is 11.3. The molecule has 4 aromatic rings. The van der Waals surface area contributed by atoms with Crippen molar-refractivity contribution in [2.75, 3.05) is 26.4 Å². The zero-order chi connectivity index (χ0) is 49.2. The van der Waals surface area contributed by atoms with E-state index in [2.05, 4.69) is 26.3 Å². The fourth-order valence-electron chi connectivity index (χ4n) is 7.91. The lowest BCUT2D eigenvalue weighted by atomic mass is 10.1. The number of benzene rings is 4. The molecule has 0 radical (unpaired) electrons. The maximum atomic E-state index is 13.0. The van der Waals surface area contributed by atoms with Gasteiger partial charge in [0.2, 0.25) is 0 Å². The lowest BCUT2D eigenvalue weighted by Crippen LogP contribution is -2.67. The molecule has 1 fully saturated rings. The largest absolute Gasteiger partial charge is 0.462 e. The highest BCUT2D eigenvalue weighted by molar-refractivity contribution is 6.93. The number of carbonyl (C=O) groups is 4. The Bertz CT molecular complexity index is 2030. The normalized spacial score (nSPS) is 21.2. The number of hydrogen-bond acceptors (Lipinski definition) is 12. The predicted octanol–water partition coefficient (Wildman–Crippen LogP) is 11.9. The molecule has 0 saturated carbocycles. The summed E-state index contributed by atoms with van der Waals surface area (Å²) in [6.07, 6.45) is 8.64. The van der Waals surface area contributed by atoms with Gasteiger partial charge in [-0.05, 0) is 147 Å². The SMILES string of the molecule is C=Cc1ccc(C(=O)OCCC[Si]2(C)O[Si](C)(CCCOC(=O)c3ccc(C=C)cc3)O[Si](C)(CCCOC(=O)c3ccc(C=C)cc3)O[Si](C)(CCCOC(=O)c3ccc(C=C)cc3)O2)cc1. The number of hydrogen-bond donors (Lipinski definition) is 0. The van der Waals surface area contributed by atoms with Crippen LogP contribution in [0, 0.1) is 0 Å². The van der Waals surface area contributed by atoms with Gasteiger partial charge in [-0.25, -0.2) is 19.2 Å². The van der Waals surface area contributed by atoms with Crippen LogP contribution in [0.2, 0.25) is 50.4 Å². The lowest BCUT2D eigenvalue weighted by molar-refractivity contribution is 0.0495. The predicted molar refractivity (Wildman–Crippen MR) is 276 cm³/mol. The zero-order valence-corrected chi connectivity index (χ0v) is 43.8. The molecule has 16 heteroatoms. The van der Waals surface area contributed by atoms with E-state index in [1.54, 1.807) is 121 Å². The van der Waals surface area contributed by atoms with Gasteiger partial charge in [-0.2, -0.15) is 0 Å². The van der Waals surface area contributed by atoms with Gasteiger partial charge in [-0.3, -0.25) is 0 Å². The molecule has 0 atom stereocenters. The smallest absolute Gasteiger partial charge is 0.338 e. The molecule has 0 N–H and O–H groups in total. The topological polar surface area (TPSA) is 142 Å². The minimum absolute atomic E-state index is 0.132. The summed E-state index contributed by atoms with van der Waals surface area (Å²) in [5.74, 6) is -1.75. The Balaban J connectivity index is 1.34. The molecule has 0 aromatic heterocycles. The van der Waals surface area contributed by atoms with Crippen LogP contribution in [-0.2, 0) is 35.4 Å². The van der Waals surface area contributed by atoms with E-state index in [0.717, 1.165) is 22.3 Å². The van der Waals surface area contributed by atoms with Gasteiger partial charge in [0.1, 0.15) is 0 Å². The quantitative estimate of drug-likeness (QED) is 0.0285. The first kappa shape index (κ1) is 53.4. The molecule has 4 aromatic carbocycles. The zero-order valence-electron chi connectivity index (χ0n) is 39.8. The van der Waals surface area contributed by atoms with E-state index in [1.165, 1.54) is 0 Å². The minimum atomic E-state index is -3.22. The van der Waals surface area contributed by atoms with Gasteiger partial charge in [-0.1, -0.05) is 99.2 Å². The molecule has 1 saturated heterocycles. The van der Waals surface area contributed by atoms with Gasteiger partial charge in [-0.15, -0.1) is 0 Å². The summed E-state index contributed by atoms with van der Waals surface area (Å²) in [5.41, 5.74) is 5.31. The molecular formula is C52H64O12Si4. The first-order valence-electron chi connectivity index (χ1n) is 22.9. The Kier molecular flexibility index (Phi) is 19.7. The van der Waals surface area contributed by atoms with Crippen molar-refractivity contribution in [2.45, 2.75) is 76.0 Å². The minimum Gasteiger partial charge on any atom is -0.462 e. The van der Waals surface area contributed by atoms with Crippen molar-refractivity contribution < 1.29 is 54.6 Å². The van der Waals surface area contributed by atoms with Crippen molar-refractivity contribution in [3.05, 3.63) is 168 Å². The van der Waals surface area contributed by atoms with E-state index in [-0.39, 0.29) is 26.4 Å². The van der Waals surface area contributed by atoms with Crippen LogP contribution in [0.5, 0.6) is 0 Å². The number of carbonyl (C=O) groups excluding carboxylic acids is 4. The molecule has 0 amide bonds. The summed E-state index contributed by atoms with van der Waals surface area (Å²) >= 11 is 0. The average molecular weight is 993 g/mol. The molecule has 1 aliphatic rings. The van der Waals surface area contributed by atoms with E-state index in [4.69, 9.17) is 35.4 Å². The van der Waals surface area contributed by atoms with E-state index in [9.17, 15) is 19.2 Å². The van der Waals surface area contributed by atoms with Crippen molar-refractivity contribution in [2.24, 2.45) is 0 Å². The van der Waals surface area contributed by atoms with Gasteiger partial charge in [0.05, 0.1) is 48.7 Å². The highest BCUT2D eigenvalue weighted by atomic mass is 28.5. The average Bonchev–Trinajstić information content (AvgIpc) is 3.33. The van der Waals surface area contributed by atoms with Gasteiger partial charge in [0.25, 0.3) is 0 Å². The Hall–Kier alpha value is -5.57. The molecule has 68 heavy (non-hydrogen) atoms. The highest BCUT2D eigenvalue weighted by Crippen LogP contribution is 2.39. The molecule has 0 spiro atoms. The highest BCUT2D eigenvalue weighted by Gasteiger charge is 2.56. The lowest BCUT2D eigenvalue weighted by Gasteiger charge is -2.50. The Morgan fingerprint density at radius 1 is 0.368 bits per heavy atom. The van der Waals surface area contributed by atoms with Gasteiger partial charge in [0, 0.05) is 0 Å². The number of esters is 4. The van der Waals surface area contributed by atoms with Crippen LogP contribution in [0.4, 0.5) is 0 Å². The monoisotopic (exact) mass is 992 g/mol. The molecule has 12 nitrogen and oxygen atoms in total. The molecule has 0 bridgehead atoms. The summed E-state index contributed by atoms with van der Waals surface area (Å²) in [5, 5.41) is 0. The number of ether oxygens (including phenoxy) is 4. The Morgan fingerprint density at radius 2 is 0.544 bits per heavy atom. The fraction of sp³-hybridized carbons (Fsp3) is 0.308. The molecule has 0 unspecified atom stereocenters. The van der Waals surface area contributed by atoms with E-state index >= 15 is 0 Å². The third kappa shape index (κ3) is 16.3. The van der Waals surface area contributed by atoms with Crippen LogP contribution in [0.3, 0.4) is 0 Å². The van der Waals surface area contributed by atoms with Crippen molar-refractivity contribution in [1.29, 1.82) is 0 Å². The third-order valence-corrected chi connectivity index (χ3v) is 30.2. The molecule has 360 valence electrons. The Labute approximate surface area is 405 Å². The summed E-state index contributed by atoms with van der Waals surface area (Å²) in [4.78, 5) is 52.0. The summed E-state index contributed by atoms with van der Waals surface area (Å²) in [7, 11) is -12.9. The summed E-state index contributed by atoms with van der Waals surface area (Å²) < 4.78 is 51.9. The second-order valence-electron chi connectivity index (χ2n) is 17.2. The second kappa shape index (κ2) is 25.2. The van der Waals surface area contributed by atoms with Crippen LogP contribution in [0.1, 0.15) is 89.4 Å². The van der Waals surface area contributed by atoms with E-state index < -0.39 is 58.1 Å². The van der Waals surface area contributed by atoms with Crippen molar-refractivity contribution in [1.82, 2.24) is 0 Å². The summed E-state index contributed by atoms with van der Waals surface area (Å²) in [6, 6.07) is 29.9. The molecular weight excluding hydrogens is 929 g/mol. The van der Waals surface area contributed by atoms with Crippen LogP contribution >= 0.6 is 0 Å². The van der Waals surface area contributed by atoms with Crippen LogP contribution in [0.25, 0.3) is 24.3 Å². The molecule has 5 rings (SSSR count). The van der Waals surface area contributed by atoms with Gasteiger partial charge < -0.3 is 35.4 Å². The Morgan fingerprint density at radius 3 is 0.706 bits per heavy atom. The molecule has 1 aliphatic heterocycles. The summed E-state index contributed by atoms with van der Waals surface area (Å²) in [6.45, 7) is 23.6. The van der Waals surface area contributed by atoms with Gasteiger partial charge in [0.15, 0.2) is 0 Å². The van der Waals surface area contributed by atoms with Gasteiger partial charge >= 0.3 is 58.1 Å². The first-order valence-corrected chi connectivity index (χ1v) is 33.0. The number of rotatable bonds is 24.